The highest BCUT2D eigenvalue weighted by Crippen LogP contribution is 2.25. The molecule has 3 nitrogen and oxygen atoms in total. The van der Waals surface area contributed by atoms with Gasteiger partial charge < -0.3 is 15.8 Å². The SMILES string of the molecule is COc1ccc(C)cc1NCc1ccc(CN)cc1. The second kappa shape index (κ2) is 6.25. The van der Waals surface area contributed by atoms with Crippen LogP contribution in [-0.2, 0) is 13.1 Å². The van der Waals surface area contributed by atoms with Gasteiger partial charge in [0.2, 0.25) is 0 Å². The van der Waals surface area contributed by atoms with Crippen LogP contribution in [0.25, 0.3) is 0 Å². The Kier molecular flexibility index (Phi) is 4.42. The molecule has 3 N–H and O–H groups in total. The minimum Gasteiger partial charge on any atom is -0.495 e. The number of anilines is 1. The molecule has 0 aliphatic heterocycles. The number of nitrogens with one attached hydrogen (secondary N) is 1. The molecule has 0 fully saturated rings. The van der Waals surface area contributed by atoms with E-state index in [0.717, 1.165) is 23.5 Å². The minimum absolute atomic E-state index is 0.583. The van der Waals surface area contributed by atoms with E-state index in [0.29, 0.717) is 6.54 Å². The van der Waals surface area contributed by atoms with Gasteiger partial charge in [-0.25, -0.2) is 0 Å². The molecule has 0 radical (unpaired) electrons. The lowest BCUT2D eigenvalue weighted by Gasteiger charge is -2.12. The van der Waals surface area contributed by atoms with Crippen molar-refractivity contribution in [3.63, 3.8) is 0 Å². The lowest BCUT2D eigenvalue weighted by molar-refractivity contribution is 0.416. The zero-order valence-electron chi connectivity index (χ0n) is 11.4. The number of rotatable bonds is 5. The Morgan fingerprint density at radius 3 is 2.37 bits per heavy atom. The highest BCUT2D eigenvalue weighted by Gasteiger charge is 2.02. The number of methoxy groups -OCH3 is 1. The Labute approximate surface area is 114 Å². The third-order valence-corrected chi connectivity index (χ3v) is 3.10. The van der Waals surface area contributed by atoms with Gasteiger partial charge in [0, 0.05) is 13.1 Å². The van der Waals surface area contributed by atoms with Gasteiger partial charge in [-0.1, -0.05) is 30.3 Å². The third-order valence-electron chi connectivity index (χ3n) is 3.10. The molecular formula is C16H20N2O. The van der Waals surface area contributed by atoms with Crippen molar-refractivity contribution in [2.75, 3.05) is 12.4 Å². The number of hydrogen-bond acceptors (Lipinski definition) is 3. The van der Waals surface area contributed by atoms with Crippen LogP contribution in [0.1, 0.15) is 16.7 Å². The number of aryl methyl sites for hydroxylation is 1. The van der Waals surface area contributed by atoms with Crippen molar-refractivity contribution in [2.45, 2.75) is 20.0 Å². The van der Waals surface area contributed by atoms with E-state index < -0.39 is 0 Å². The summed E-state index contributed by atoms with van der Waals surface area (Å²) in [4.78, 5) is 0. The summed E-state index contributed by atoms with van der Waals surface area (Å²) in [6, 6.07) is 14.4. The summed E-state index contributed by atoms with van der Waals surface area (Å²) < 4.78 is 5.35. The van der Waals surface area contributed by atoms with E-state index in [1.807, 2.05) is 12.1 Å². The molecular weight excluding hydrogens is 236 g/mol. The summed E-state index contributed by atoms with van der Waals surface area (Å²) >= 11 is 0. The maximum Gasteiger partial charge on any atom is 0.141 e. The van der Waals surface area contributed by atoms with Gasteiger partial charge >= 0.3 is 0 Å². The van der Waals surface area contributed by atoms with Gasteiger partial charge in [0.1, 0.15) is 5.75 Å². The van der Waals surface area contributed by atoms with Crippen LogP contribution in [0, 0.1) is 6.92 Å². The number of benzene rings is 2. The molecule has 0 heterocycles. The summed E-state index contributed by atoms with van der Waals surface area (Å²) in [5.74, 6) is 0.865. The molecule has 0 amide bonds. The molecule has 3 heteroatoms. The monoisotopic (exact) mass is 256 g/mol. The van der Waals surface area contributed by atoms with Crippen molar-refractivity contribution in [2.24, 2.45) is 5.73 Å². The second-order valence-corrected chi connectivity index (χ2v) is 4.58. The Hall–Kier alpha value is -2.00. The first-order chi connectivity index (χ1) is 9.22. The van der Waals surface area contributed by atoms with Crippen LogP contribution in [0.4, 0.5) is 5.69 Å². The predicted octanol–water partition coefficient (Wildman–Crippen LogP) is 3.07. The highest BCUT2D eigenvalue weighted by atomic mass is 16.5. The number of nitrogens with two attached hydrogens (primary N) is 1. The fourth-order valence-corrected chi connectivity index (χ4v) is 1.95. The topological polar surface area (TPSA) is 47.3 Å². The van der Waals surface area contributed by atoms with Gasteiger partial charge in [0.05, 0.1) is 12.8 Å². The van der Waals surface area contributed by atoms with Crippen LogP contribution in [0.3, 0.4) is 0 Å². The van der Waals surface area contributed by atoms with Gasteiger partial charge in [-0.15, -0.1) is 0 Å². The van der Waals surface area contributed by atoms with E-state index in [-0.39, 0.29) is 0 Å². The quantitative estimate of drug-likeness (QED) is 0.864. The lowest BCUT2D eigenvalue weighted by Crippen LogP contribution is -2.02. The van der Waals surface area contributed by atoms with Crippen LogP contribution in [-0.4, -0.2) is 7.11 Å². The number of hydrogen-bond donors (Lipinski definition) is 2. The van der Waals surface area contributed by atoms with E-state index in [1.54, 1.807) is 7.11 Å². The van der Waals surface area contributed by atoms with Crippen LogP contribution in [0.15, 0.2) is 42.5 Å². The molecule has 19 heavy (non-hydrogen) atoms. The summed E-state index contributed by atoms with van der Waals surface area (Å²) in [5, 5.41) is 3.40. The zero-order valence-corrected chi connectivity index (χ0v) is 11.4. The smallest absolute Gasteiger partial charge is 0.141 e. The molecule has 0 aliphatic carbocycles. The molecule has 0 saturated carbocycles. The summed E-state index contributed by atoms with van der Waals surface area (Å²) in [7, 11) is 1.69. The third kappa shape index (κ3) is 3.48. The average Bonchev–Trinajstić information content (AvgIpc) is 2.46. The predicted molar refractivity (Wildman–Crippen MR) is 79.4 cm³/mol. The van der Waals surface area contributed by atoms with Crippen molar-refractivity contribution < 1.29 is 4.74 Å². The summed E-state index contributed by atoms with van der Waals surface area (Å²) in [6.45, 7) is 3.42. The van der Waals surface area contributed by atoms with Crippen LogP contribution >= 0.6 is 0 Å². The molecule has 100 valence electrons. The van der Waals surface area contributed by atoms with E-state index in [4.69, 9.17) is 10.5 Å². The van der Waals surface area contributed by atoms with Gasteiger partial charge in [-0.2, -0.15) is 0 Å². The van der Waals surface area contributed by atoms with Crippen molar-refractivity contribution in [3.8, 4) is 5.75 Å². The maximum atomic E-state index is 5.59. The first kappa shape index (κ1) is 13.4. The molecule has 0 aromatic heterocycles. The van der Waals surface area contributed by atoms with Crippen molar-refractivity contribution in [1.82, 2.24) is 0 Å². The van der Waals surface area contributed by atoms with Crippen molar-refractivity contribution in [1.29, 1.82) is 0 Å². The maximum absolute atomic E-state index is 5.59. The molecule has 2 rings (SSSR count). The molecule has 0 saturated heterocycles. The molecule has 0 spiro atoms. The van der Waals surface area contributed by atoms with E-state index in [1.165, 1.54) is 11.1 Å². The average molecular weight is 256 g/mol. The largest absolute Gasteiger partial charge is 0.495 e. The Morgan fingerprint density at radius 1 is 1.05 bits per heavy atom. The molecule has 0 atom stereocenters. The fraction of sp³-hybridized carbons (Fsp3) is 0.250. The Bertz CT molecular complexity index is 535. The molecule has 0 bridgehead atoms. The van der Waals surface area contributed by atoms with Crippen molar-refractivity contribution in [3.05, 3.63) is 59.2 Å². The van der Waals surface area contributed by atoms with Crippen LogP contribution < -0.4 is 15.8 Å². The van der Waals surface area contributed by atoms with Crippen LogP contribution in [0.2, 0.25) is 0 Å². The summed E-state index contributed by atoms with van der Waals surface area (Å²) in [5.41, 5.74) is 10.2. The van der Waals surface area contributed by atoms with Gasteiger partial charge in [0.25, 0.3) is 0 Å². The standard InChI is InChI=1S/C16H20N2O/c1-12-3-8-16(19-2)15(9-12)18-11-14-6-4-13(10-17)5-7-14/h3-9,18H,10-11,17H2,1-2H3. The normalized spacial score (nSPS) is 10.3. The van der Waals surface area contributed by atoms with Gasteiger partial charge in [0.15, 0.2) is 0 Å². The summed E-state index contributed by atoms with van der Waals surface area (Å²) in [6.07, 6.45) is 0. The Balaban J connectivity index is 2.07. The van der Waals surface area contributed by atoms with E-state index in [2.05, 4.69) is 42.6 Å². The van der Waals surface area contributed by atoms with E-state index >= 15 is 0 Å². The Morgan fingerprint density at radius 2 is 1.74 bits per heavy atom. The lowest BCUT2D eigenvalue weighted by atomic mass is 10.1. The molecule has 2 aromatic rings. The van der Waals surface area contributed by atoms with Crippen LogP contribution in [0.5, 0.6) is 5.75 Å². The zero-order chi connectivity index (χ0) is 13.7. The highest BCUT2D eigenvalue weighted by molar-refractivity contribution is 5.58. The first-order valence-corrected chi connectivity index (χ1v) is 6.39. The first-order valence-electron chi connectivity index (χ1n) is 6.39. The van der Waals surface area contributed by atoms with Gasteiger partial charge in [-0.05, 0) is 35.7 Å². The van der Waals surface area contributed by atoms with Crippen molar-refractivity contribution >= 4 is 5.69 Å². The minimum atomic E-state index is 0.583. The number of ether oxygens (including phenoxy) is 1. The fourth-order valence-electron chi connectivity index (χ4n) is 1.95. The molecule has 0 unspecified atom stereocenters. The molecule has 2 aromatic carbocycles. The second-order valence-electron chi connectivity index (χ2n) is 4.58. The van der Waals surface area contributed by atoms with Gasteiger partial charge in [-0.3, -0.25) is 0 Å². The molecule has 0 aliphatic rings. The van der Waals surface area contributed by atoms with E-state index in [9.17, 15) is 0 Å².